The van der Waals surface area contributed by atoms with E-state index in [0.29, 0.717) is 55.4 Å². The molecule has 2 aromatic heterocycles. The largest absolute Gasteiger partial charge is 0.870 e. The van der Waals surface area contributed by atoms with E-state index in [-0.39, 0.29) is 24.5 Å². The van der Waals surface area contributed by atoms with Gasteiger partial charge in [0, 0.05) is 24.7 Å². The van der Waals surface area contributed by atoms with E-state index >= 15 is 0 Å². The molecule has 0 aliphatic carbocycles. The van der Waals surface area contributed by atoms with E-state index in [9.17, 15) is 9.59 Å². The highest BCUT2D eigenvalue weighted by Crippen LogP contribution is 2.36. The molecule has 258 valence electrons. The van der Waals surface area contributed by atoms with Crippen LogP contribution in [0.1, 0.15) is 46.0 Å². The molecule has 13 heteroatoms. The van der Waals surface area contributed by atoms with Gasteiger partial charge in [-0.15, -0.1) is 0 Å². The molecule has 0 unspecified atom stereocenters. The van der Waals surface area contributed by atoms with Gasteiger partial charge >= 0.3 is 12.1 Å². The van der Waals surface area contributed by atoms with E-state index in [2.05, 4.69) is 14.9 Å². The van der Waals surface area contributed by atoms with Crippen molar-refractivity contribution in [2.75, 3.05) is 38.8 Å². The third kappa shape index (κ3) is 8.42. The maximum Gasteiger partial charge on any atom is 0.414 e. The number of hydrogen-bond donors (Lipinski definition) is 0. The highest BCUT2D eigenvalue weighted by molar-refractivity contribution is 6.35. The summed E-state index contributed by atoms with van der Waals surface area (Å²) < 4.78 is 23.2. The van der Waals surface area contributed by atoms with Crippen LogP contribution in [0, 0.1) is 5.92 Å². The van der Waals surface area contributed by atoms with Crippen molar-refractivity contribution in [1.29, 1.82) is 0 Å². The van der Waals surface area contributed by atoms with Gasteiger partial charge in [-0.1, -0.05) is 41.4 Å². The molecule has 5 heterocycles. The Hall–Kier alpha value is -4.42. The number of piperidine rings is 3. The highest BCUT2D eigenvalue weighted by Gasteiger charge is 2.37. The first-order chi connectivity index (χ1) is 23.3. The van der Waals surface area contributed by atoms with Crippen LogP contribution < -0.4 is 19.4 Å². The molecule has 3 saturated heterocycles. The van der Waals surface area contributed by atoms with Crippen LogP contribution in [0.4, 0.5) is 10.5 Å². The zero-order chi connectivity index (χ0) is 33.6. The van der Waals surface area contributed by atoms with Crippen molar-refractivity contribution in [2.24, 2.45) is 5.92 Å². The number of fused-ring (bicyclic) bond motifs is 3. The predicted octanol–water partition coefficient (Wildman–Crippen LogP) is 6.42. The molecule has 3 fully saturated rings. The molecule has 2 N–H and O–H groups in total. The smallest absolute Gasteiger partial charge is 0.414 e. The number of nitrogens with zero attached hydrogens (tertiary/aromatic N) is 3. The number of ether oxygens (including phenoxy) is 4. The van der Waals surface area contributed by atoms with Crippen LogP contribution in [0.25, 0.3) is 0 Å². The SMILES string of the molecule is COc1ccc([C@H](Cc2c(Cl)c[nH+]cc2Cl)OC(=O)c2cccc(CN(C(=O)O[C@H]3CN4CCC3CC4)c3cccnc3)c2)cc1OC.[OH-]. The summed E-state index contributed by atoms with van der Waals surface area (Å²) in [4.78, 5) is 38.5. The topological polar surface area (TPSA) is 135 Å². The maximum atomic E-state index is 13.8. The molecule has 2 atom stereocenters. The minimum Gasteiger partial charge on any atom is -0.870 e. The third-order valence-corrected chi connectivity index (χ3v) is 9.62. The van der Waals surface area contributed by atoms with E-state index in [4.69, 9.17) is 42.1 Å². The van der Waals surface area contributed by atoms with E-state index in [1.54, 1.807) is 79.3 Å². The first-order valence-corrected chi connectivity index (χ1v) is 16.5. The summed E-state index contributed by atoms with van der Waals surface area (Å²) in [7, 11) is 3.09. The Kier molecular flexibility index (Phi) is 11.9. The number of halogens is 2. The zero-order valence-corrected chi connectivity index (χ0v) is 28.7. The number of esters is 1. The second-order valence-electron chi connectivity index (χ2n) is 11.9. The Morgan fingerprint density at radius 1 is 1.00 bits per heavy atom. The molecular weight excluding hydrogens is 671 g/mol. The lowest BCUT2D eigenvalue weighted by molar-refractivity contribution is -0.377. The molecule has 0 radical (unpaired) electrons. The van der Waals surface area contributed by atoms with Crippen molar-refractivity contribution in [3.63, 3.8) is 0 Å². The fourth-order valence-electron chi connectivity index (χ4n) is 6.33. The van der Waals surface area contributed by atoms with Crippen LogP contribution in [0.5, 0.6) is 11.5 Å². The molecule has 11 nitrogen and oxygen atoms in total. The van der Waals surface area contributed by atoms with Gasteiger partial charge in [0.05, 0.1) is 38.2 Å². The fraction of sp³-hybridized carbons (Fsp3) is 0.333. The summed E-state index contributed by atoms with van der Waals surface area (Å²) in [6, 6.07) is 15.9. The average molecular weight is 710 g/mol. The number of nitrogens with one attached hydrogen (secondary N) is 1. The Morgan fingerprint density at radius 2 is 1.76 bits per heavy atom. The van der Waals surface area contributed by atoms with Gasteiger partial charge in [-0.3, -0.25) is 14.8 Å². The lowest BCUT2D eigenvalue weighted by atomic mass is 9.86. The lowest BCUT2D eigenvalue weighted by Gasteiger charge is -2.44. The van der Waals surface area contributed by atoms with Gasteiger partial charge in [-0.05, 0) is 79.4 Å². The maximum absolute atomic E-state index is 13.8. The van der Waals surface area contributed by atoms with Crippen molar-refractivity contribution in [2.45, 2.75) is 38.0 Å². The minimum absolute atomic E-state index is 0. The van der Waals surface area contributed by atoms with Crippen molar-refractivity contribution in [1.82, 2.24) is 9.88 Å². The molecule has 4 aromatic rings. The second-order valence-corrected chi connectivity index (χ2v) is 12.7. The fourth-order valence-corrected chi connectivity index (χ4v) is 6.86. The molecule has 0 spiro atoms. The molecule has 7 rings (SSSR count). The lowest BCUT2D eigenvalue weighted by Crippen LogP contribution is -2.53. The molecule has 2 aromatic carbocycles. The number of anilines is 1. The van der Waals surface area contributed by atoms with Gasteiger partial charge in [0.2, 0.25) is 0 Å². The number of amides is 1. The monoisotopic (exact) mass is 708 g/mol. The number of aromatic amines is 1. The molecule has 3 aliphatic heterocycles. The molecule has 1 amide bonds. The van der Waals surface area contributed by atoms with Crippen LogP contribution in [0.3, 0.4) is 0 Å². The number of rotatable bonds is 11. The summed E-state index contributed by atoms with van der Waals surface area (Å²) in [6.45, 7) is 3.00. The van der Waals surface area contributed by atoms with Crippen LogP contribution in [0.15, 0.2) is 79.4 Å². The van der Waals surface area contributed by atoms with E-state index in [0.717, 1.165) is 32.5 Å². The van der Waals surface area contributed by atoms with Gasteiger partial charge in [0.1, 0.15) is 22.3 Å². The molecular formula is C36H38Cl2N4O7. The van der Waals surface area contributed by atoms with E-state index in [1.807, 2.05) is 12.1 Å². The molecule has 3 aliphatic rings. The number of aromatic nitrogens is 2. The van der Waals surface area contributed by atoms with Crippen LogP contribution in [-0.2, 0) is 22.4 Å². The van der Waals surface area contributed by atoms with Gasteiger partial charge in [0.15, 0.2) is 23.9 Å². The number of H-pyrrole nitrogens is 1. The van der Waals surface area contributed by atoms with Crippen molar-refractivity contribution >= 4 is 41.0 Å². The first-order valence-electron chi connectivity index (χ1n) is 15.8. The van der Waals surface area contributed by atoms with Gasteiger partial charge in [0.25, 0.3) is 0 Å². The number of carbonyl (C=O) groups excluding carboxylic acids is 2. The van der Waals surface area contributed by atoms with Crippen LogP contribution in [0.2, 0.25) is 10.0 Å². The van der Waals surface area contributed by atoms with Gasteiger partial charge in [-0.25, -0.2) is 14.6 Å². The second kappa shape index (κ2) is 16.3. The van der Waals surface area contributed by atoms with Crippen molar-refractivity contribution in [3.05, 3.63) is 112 Å². The summed E-state index contributed by atoms with van der Waals surface area (Å²) in [6.07, 6.45) is 7.40. The Labute approximate surface area is 295 Å². The normalized spacial score (nSPS) is 18.5. The van der Waals surface area contributed by atoms with E-state index in [1.165, 1.54) is 7.11 Å². The summed E-state index contributed by atoms with van der Waals surface area (Å²) in [5, 5.41) is 0.818. The summed E-state index contributed by atoms with van der Waals surface area (Å²) in [5.41, 5.74) is 2.90. The minimum atomic E-state index is -0.776. The van der Waals surface area contributed by atoms with Crippen LogP contribution in [-0.4, -0.2) is 67.4 Å². The predicted molar refractivity (Wildman–Crippen MR) is 183 cm³/mol. The Morgan fingerprint density at radius 3 is 2.41 bits per heavy atom. The van der Waals surface area contributed by atoms with Crippen LogP contribution >= 0.6 is 23.2 Å². The third-order valence-electron chi connectivity index (χ3n) is 8.94. The highest BCUT2D eigenvalue weighted by atomic mass is 35.5. The quantitative estimate of drug-likeness (QED) is 0.162. The number of hydrogen-bond acceptors (Lipinski definition) is 9. The average Bonchev–Trinajstić information content (AvgIpc) is 3.12. The zero-order valence-electron chi connectivity index (χ0n) is 27.2. The van der Waals surface area contributed by atoms with Crippen molar-refractivity contribution < 1.29 is 39.0 Å². The molecule has 49 heavy (non-hydrogen) atoms. The summed E-state index contributed by atoms with van der Waals surface area (Å²) >= 11 is 13.0. The Bertz CT molecular complexity index is 1730. The van der Waals surface area contributed by atoms with Crippen molar-refractivity contribution in [3.8, 4) is 11.5 Å². The van der Waals surface area contributed by atoms with Gasteiger partial charge in [-0.2, -0.15) is 0 Å². The van der Waals surface area contributed by atoms with Gasteiger partial charge < -0.3 is 24.4 Å². The summed E-state index contributed by atoms with van der Waals surface area (Å²) in [5.74, 6) is 0.825. The number of methoxy groups -OCH3 is 2. The molecule has 0 saturated carbocycles. The number of pyridine rings is 2. The first kappa shape index (κ1) is 35.9. The van der Waals surface area contributed by atoms with E-state index < -0.39 is 18.2 Å². The standard InChI is InChI=1S/C36H36Cl2N4O6.H2O/c1-45-31-9-8-25(16-33(31)46-2)32(17-28-29(37)19-40-20-30(28)38)47-35(43)26-6-3-5-23(15-26)21-42(27-7-4-12-39-18-27)36(44)48-34-22-41-13-10-24(34)11-14-41;/h3-9,12,15-16,18-20,24,32,34H,10-11,13-14,17,21-22H2,1-2H3;1H2/t32-,34-;/m0./s1. The number of benzene rings is 2. The Balaban J connectivity index is 0.00000468. The molecule has 2 bridgehead atoms. The number of carbonyl (C=O) groups is 2.